The van der Waals surface area contributed by atoms with Crippen molar-refractivity contribution in [2.75, 3.05) is 24.3 Å². The molecule has 1 unspecified atom stereocenters. The molecule has 0 bridgehead atoms. The topological polar surface area (TPSA) is 98.6 Å². The molecule has 1 amide bonds. The summed E-state index contributed by atoms with van der Waals surface area (Å²) in [6.07, 6.45) is 0.318. The van der Waals surface area contributed by atoms with Crippen LogP contribution < -0.4 is 16.4 Å². The molecule has 1 aromatic carbocycles. The molecule has 2 rings (SSSR count). The number of rotatable bonds is 2. The van der Waals surface area contributed by atoms with E-state index in [0.717, 1.165) is 0 Å². The van der Waals surface area contributed by atoms with Gasteiger partial charge in [0.1, 0.15) is 0 Å². The van der Waals surface area contributed by atoms with Crippen LogP contribution in [-0.2, 0) is 9.53 Å². The molecule has 1 saturated heterocycles. The molecule has 6 nitrogen and oxygen atoms in total. The van der Waals surface area contributed by atoms with Crippen LogP contribution in [0.15, 0.2) is 18.2 Å². The molecule has 18 heavy (non-hydrogen) atoms. The second kappa shape index (κ2) is 4.66. The van der Waals surface area contributed by atoms with Gasteiger partial charge in [0.25, 0.3) is 0 Å². The minimum Gasteiger partial charge on any atom is -0.465 e. The van der Waals surface area contributed by atoms with Gasteiger partial charge in [-0.25, -0.2) is 4.79 Å². The SMILES string of the molecule is COC(=O)c1ccc(N2CC(N)CC2=O)c(N)c1. The number of esters is 1. The highest BCUT2D eigenvalue weighted by Gasteiger charge is 2.29. The third kappa shape index (κ3) is 2.14. The highest BCUT2D eigenvalue weighted by Crippen LogP contribution is 2.28. The monoisotopic (exact) mass is 249 g/mol. The van der Waals surface area contributed by atoms with E-state index in [0.29, 0.717) is 29.9 Å². The minimum atomic E-state index is -0.460. The van der Waals surface area contributed by atoms with Gasteiger partial charge in [-0.05, 0) is 18.2 Å². The second-order valence-corrected chi connectivity index (χ2v) is 4.23. The van der Waals surface area contributed by atoms with Crippen LogP contribution >= 0.6 is 0 Å². The van der Waals surface area contributed by atoms with Crippen LogP contribution in [0.2, 0.25) is 0 Å². The lowest BCUT2D eigenvalue weighted by atomic mass is 10.1. The predicted octanol–water partition coefficient (Wildman–Crippen LogP) is 0.119. The van der Waals surface area contributed by atoms with E-state index in [9.17, 15) is 9.59 Å². The fourth-order valence-corrected chi connectivity index (χ4v) is 2.01. The quantitative estimate of drug-likeness (QED) is 0.573. The van der Waals surface area contributed by atoms with E-state index in [1.54, 1.807) is 17.0 Å². The van der Waals surface area contributed by atoms with E-state index in [2.05, 4.69) is 4.74 Å². The van der Waals surface area contributed by atoms with E-state index < -0.39 is 5.97 Å². The van der Waals surface area contributed by atoms with Crippen molar-refractivity contribution < 1.29 is 14.3 Å². The van der Waals surface area contributed by atoms with Gasteiger partial charge in [0.05, 0.1) is 24.0 Å². The summed E-state index contributed by atoms with van der Waals surface area (Å²) in [5.74, 6) is -0.516. The Balaban J connectivity index is 2.30. The maximum atomic E-state index is 11.7. The standard InChI is InChI=1S/C12H15N3O3/c1-18-12(17)7-2-3-10(9(14)4-7)15-6-8(13)5-11(15)16/h2-4,8H,5-6,13-14H2,1H3. The molecule has 0 saturated carbocycles. The Kier molecular flexibility index (Phi) is 3.20. The van der Waals surface area contributed by atoms with Crippen molar-refractivity contribution in [3.05, 3.63) is 23.8 Å². The maximum absolute atomic E-state index is 11.7. The molecule has 96 valence electrons. The van der Waals surface area contributed by atoms with Crippen molar-refractivity contribution in [3.63, 3.8) is 0 Å². The number of nitrogen functional groups attached to an aromatic ring is 1. The predicted molar refractivity (Wildman–Crippen MR) is 67.1 cm³/mol. The highest BCUT2D eigenvalue weighted by atomic mass is 16.5. The Morgan fingerprint density at radius 3 is 2.72 bits per heavy atom. The third-order valence-electron chi connectivity index (χ3n) is 2.89. The third-order valence-corrected chi connectivity index (χ3v) is 2.89. The summed E-state index contributed by atoms with van der Waals surface area (Å²) < 4.78 is 4.60. The van der Waals surface area contributed by atoms with E-state index >= 15 is 0 Å². The zero-order valence-electron chi connectivity index (χ0n) is 10.1. The lowest BCUT2D eigenvalue weighted by Gasteiger charge is -2.18. The molecular weight excluding hydrogens is 234 g/mol. The van der Waals surface area contributed by atoms with Gasteiger partial charge >= 0.3 is 5.97 Å². The highest BCUT2D eigenvalue weighted by molar-refractivity contribution is 6.00. The summed E-state index contributed by atoms with van der Waals surface area (Å²) in [7, 11) is 1.30. The van der Waals surface area contributed by atoms with Crippen LogP contribution in [0.1, 0.15) is 16.8 Å². The average Bonchev–Trinajstić information content (AvgIpc) is 2.67. The largest absolute Gasteiger partial charge is 0.465 e. The van der Waals surface area contributed by atoms with Gasteiger partial charge in [-0.1, -0.05) is 0 Å². The number of anilines is 2. The normalized spacial score (nSPS) is 19.1. The Hall–Kier alpha value is -2.08. The molecular formula is C12H15N3O3. The number of hydrogen-bond acceptors (Lipinski definition) is 5. The maximum Gasteiger partial charge on any atom is 0.337 e. The summed E-state index contributed by atoms with van der Waals surface area (Å²) in [6.45, 7) is 0.445. The van der Waals surface area contributed by atoms with Crippen LogP contribution in [0, 0.1) is 0 Å². The molecule has 6 heteroatoms. The Labute approximate surface area is 104 Å². The number of carbonyl (C=O) groups is 2. The minimum absolute atomic E-state index is 0.0555. The number of hydrogen-bond donors (Lipinski definition) is 2. The van der Waals surface area contributed by atoms with Crippen LogP contribution in [-0.4, -0.2) is 31.6 Å². The van der Waals surface area contributed by atoms with Crippen molar-refractivity contribution in [2.24, 2.45) is 5.73 Å². The molecule has 1 atom stereocenters. The average molecular weight is 249 g/mol. The van der Waals surface area contributed by atoms with Gasteiger partial charge in [0.15, 0.2) is 0 Å². The van der Waals surface area contributed by atoms with Crippen molar-refractivity contribution in [3.8, 4) is 0 Å². The number of nitrogens with two attached hydrogens (primary N) is 2. The zero-order valence-corrected chi connectivity index (χ0v) is 10.1. The summed E-state index contributed by atoms with van der Waals surface area (Å²) in [5, 5.41) is 0. The number of methoxy groups -OCH3 is 1. The fraction of sp³-hybridized carbons (Fsp3) is 0.333. The van der Waals surface area contributed by atoms with Gasteiger partial charge in [-0.15, -0.1) is 0 Å². The number of carbonyl (C=O) groups excluding carboxylic acids is 2. The molecule has 0 radical (unpaired) electrons. The van der Waals surface area contributed by atoms with Gasteiger partial charge in [-0.2, -0.15) is 0 Å². The molecule has 1 aliphatic heterocycles. The molecule has 1 fully saturated rings. The van der Waals surface area contributed by atoms with E-state index in [1.165, 1.54) is 13.2 Å². The van der Waals surface area contributed by atoms with E-state index in [-0.39, 0.29) is 11.9 Å². The van der Waals surface area contributed by atoms with Gasteiger partial charge in [-0.3, -0.25) is 4.79 Å². The van der Waals surface area contributed by atoms with Gasteiger partial charge in [0, 0.05) is 19.0 Å². The van der Waals surface area contributed by atoms with Crippen LogP contribution in [0.5, 0.6) is 0 Å². The number of benzene rings is 1. The van der Waals surface area contributed by atoms with Gasteiger partial charge < -0.3 is 21.1 Å². The first-order chi connectivity index (χ1) is 8.52. The zero-order chi connectivity index (χ0) is 13.3. The van der Waals surface area contributed by atoms with Crippen molar-refractivity contribution in [1.82, 2.24) is 0 Å². The second-order valence-electron chi connectivity index (χ2n) is 4.23. The molecule has 1 aliphatic rings. The van der Waals surface area contributed by atoms with Crippen molar-refractivity contribution >= 4 is 23.3 Å². The molecule has 0 aromatic heterocycles. The molecule has 0 aliphatic carbocycles. The molecule has 0 spiro atoms. The van der Waals surface area contributed by atoms with Crippen LogP contribution in [0.3, 0.4) is 0 Å². The van der Waals surface area contributed by atoms with Gasteiger partial charge in [0.2, 0.25) is 5.91 Å². The Morgan fingerprint density at radius 1 is 1.50 bits per heavy atom. The molecule has 1 aromatic rings. The first-order valence-electron chi connectivity index (χ1n) is 5.56. The Bertz CT molecular complexity index is 501. The van der Waals surface area contributed by atoms with Crippen molar-refractivity contribution in [1.29, 1.82) is 0 Å². The van der Waals surface area contributed by atoms with E-state index in [4.69, 9.17) is 11.5 Å². The van der Waals surface area contributed by atoms with Crippen LogP contribution in [0.25, 0.3) is 0 Å². The van der Waals surface area contributed by atoms with E-state index in [1.807, 2.05) is 0 Å². The summed E-state index contributed by atoms with van der Waals surface area (Å²) in [6, 6.07) is 4.54. The Morgan fingerprint density at radius 2 is 2.22 bits per heavy atom. The first-order valence-corrected chi connectivity index (χ1v) is 5.56. The lowest BCUT2D eigenvalue weighted by molar-refractivity contribution is -0.117. The number of nitrogens with zero attached hydrogens (tertiary/aromatic N) is 1. The summed E-state index contributed by atoms with van der Waals surface area (Å²) in [4.78, 5) is 24.6. The number of amides is 1. The number of ether oxygens (including phenoxy) is 1. The fourth-order valence-electron chi connectivity index (χ4n) is 2.01. The first kappa shape index (κ1) is 12.4. The van der Waals surface area contributed by atoms with Crippen LogP contribution in [0.4, 0.5) is 11.4 Å². The lowest BCUT2D eigenvalue weighted by Crippen LogP contribution is -2.28. The molecule has 4 N–H and O–H groups in total. The smallest absolute Gasteiger partial charge is 0.337 e. The summed E-state index contributed by atoms with van der Waals surface area (Å²) in [5.41, 5.74) is 12.9. The van der Waals surface area contributed by atoms with Crippen molar-refractivity contribution in [2.45, 2.75) is 12.5 Å². The summed E-state index contributed by atoms with van der Waals surface area (Å²) >= 11 is 0. The molecule has 1 heterocycles.